The Morgan fingerprint density at radius 2 is 1.63 bits per heavy atom. The summed E-state index contributed by atoms with van der Waals surface area (Å²) in [5, 5.41) is 2.63. The second-order valence-electron chi connectivity index (χ2n) is 8.01. The lowest BCUT2D eigenvalue weighted by molar-refractivity contribution is -0.119. The van der Waals surface area contributed by atoms with E-state index in [-0.39, 0.29) is 16.7 Å². The van der Waals surface area contributed by atoms with Crippen LogP contribution in [0.3, 0.4) is 0 Å². The number of hydrogen-bond acceptors (Lipinski definition) is 6. The van der Waals surface area contributed by atoms with Crippen molar-refractivity contribution in [2.24, 2.45) is 0 Å². The molecule has 0 radical (unpaired) electrons. The zero-order chi connectivity index (χ0) is 25.1. The number of fused-ring (bicyclic) bond motifs is 1. The van der Waals surface area contributed by atoms with Crippen LogP contribution in [0.15, 0.2) is 60.7 Å². The molecular formula is C27H24N2O6. The Kier molecular flexibility index (Phi) is 6.64. The average molecular weight is 472 g/mol. The first-order valence-electron chi connectivity index (χ1n) is 11.1. The van der Waals surface area contributed by atoms with Gasteiger partial charge in [-0.2, -0.15) is 0 Å². The van der Waals surface area contributed by atoms with Gasteiger partial charge in [0.05, 0.1) is 29.0 Å². The predicted octanol–water partition coefficient (Wildman–Crippen LogP) is 4.30. The molecular weight excluding hydrogens is 448 g/mol. The van der Waals surface area contributed by atoms with Gasteiger partial charge in [-0.25, -0.2) is 9.69 Å². The Hall–Kier alpha value is -4.46. The SMILES string of the molecule is CCOc1ccc(NC(=O)COC(=O)c2ccc3c(c2)C(=O)N(c2cccc(C)c2C)C3=O)cc1. The second kappa shape index (κ2) is 9.80. The van der Waals surface area contributed by atoms with Crippen LogP contribution in [0.2, 0.25) is 0 Å². The van der Waals surface area contributed by atoms with E-state index < -0.39 is 30.3 Å². The number of imide groups is 1. The number of carbonyl (C=O) groups excluding carboxylic acids is 4. The summed E-state index contributed by atoms with van der Waals surface area (Å²) in [6, 6.07) is 16.3. The largest absolute Gasteiger partial charge is 0.494 e. The molecule has 178 valence electrons. The summed E-state index contributed by atoms with van der Waals surface area (Å²) in [7, 11) is 0. The minimum absolute atomic E-state index is 0.0709. The van der Waals surface area contributed by atoms with Crippen molar-refractivity contribution in [3.63, 3.8) is 0 Å². The van der Waals surface area contributed by atoms with Crippen molar-refractivity contribution in [3.8, 4) is 5.75 Å². The van der Waals surface area contributed by atoms with Crippen molar-refractivity contribution in [2.75, 3.05) is 23.4 Å². The van der Waals surface area contributed by atoms with Crippen LogP contribution in [0, 0.1) is 13.8 Å². The summed E-state index contributed by atoms with van der Waals surface area (Å²) >= 11 is 0. The monoisotopic (exact) mass is 472 g/mol. The summed E-state index contributed by atoms with van der Waals surface area (Å²) in [5.41, 5.74) is 3.20. The molecule has 0 spiro atoms. The molecule has 0 unspecified atom stereocenters. The Morgan fingerprint density at radius 3 is 2.34 bits per heavy atom. The molecule has 0 aliphatic carbocycles. The van der Waals surface area contributed by atoms with Crippen molar-refractivity contribution < 1.29 is 28.7 Å². The van der Waals surface area contributed by atoms with Crippen LogP contribution in [0.4, 0.5) is 11.4 Å². The van der Waals surface area contributed by atoms with Crippen LogP contribution in [-0.4, -0.2) is 36.9 Å². The first-order valence-corrected chi connectivity index (χ1v) is 11.1. The number of nitrogens with zero attached hydrogens (tertiary/aromatic N) is 1. The van der Waals surface area contributed by atoms with E-state index in [9.17, 15) is 19.2 Å². The third kappa shape index (κ3) is 4.77. The molecule has 8 nitrogen and oxygen atoms in total. The molecule has 1 aliphatic heterocycles. The van der Waals surface area contributed by atoms with Gasteiger partial charge in [-0.3, -0.25) is 14.4 Å². The van der Waals surface area contributed by atoms with E-state index in [1.807, 2.05) is 26.8 Å². The molecule has 1 N–H and O–H groups in total. The minimum Gasteiger partial charge on any atom is -0.494 e. The van der Waals surface area contributed by atoms with Crippen molar-refractivity contribution in [1.82, 2.24) is 0 Å². The Balaban J connectivity index is 1.42. The molecule has 0 saturated carbocycles. The smallest absolute Gasteiger partial charge is 0.338 e. The maximum Gasteiger partial charge on any atom is 0.338 e. The third-order valence-corrected chi connectivity index (χ3v) is 5.72. The van der Waals surface area contributed by atoms with Crippen LogP contribution < -0.4 is 15.0 Å². The number of anilines is 2. The van der Waals surface area contributed by atoms with E-state index in [1.54, 1.807) is 36.4 Å². The summed E-state index contributed by atoms with van der Waals surface area (Å²) in [6.45, 7) is 5.64. The second-order valence-corrected chi connectivity index (χ2v) is 8.01. The summed E-state index contributed by atoms with van der Waals surface area (Å²) in [6.07, 6.45) is 0. The number of amides is 3. The molecule has 1 heterocycles. The van der Waals surface area contributed by atoms with E-state index >= 15 is 0 Å². The number of esters is 1. The van der Waals surface area contributed by atoms with Gasteiger partial charge in [-0.1, -0.05) is 12.1 Å². The number of carbonyl (C=O) groups is 4. The average Bonchev–Trinajstić information content (AvgIpc) is 3.10. The fourth-order valence-electron chi connectivity index (χ4n) is 3.78. The van der Waals surface area contributed by atoms with Gasteiger partial charge in [-0.05, 0) is 80.4 Å². The lowest BCUT2D eigenvalue weighted by Crippen LogP contribution is -2.30. The van der Waals surface area contributed by atoms with Gasteiger partial charge >= 0.3 is 5.97 Å². The van der Waals surface area contributed by atoms with Gasteiger partial charge in [-0.15, -0.1) is 0 Å². The van der Waals surface area contributed by atoms with Crippen molar-refractivity contribution in [1.29, 1.82) is 0 Å². The highest BCUT2D eigenvalue weighted by Gasteiger charge is 2.38. The number of benzene rings is 3. The van der Waals surface area contributed by atoms with Crippen LogP contribution >= 0.6 is 0 Å². The molecule has 0 fully saturated rings. The number of nitrogens with one attached hydrogen (secondary N) is 1. The Bertz CT molecular complexity index is 1330. The van der Waals surface area contributed by atoms with Crippen LogP contribution in [0.5, 0.6) is 5.75 Å². The molecule has 3 aromatic rings. The zero-order valence-electron chi connectivity index (χ0n) is 19.6. The normalized spacial score (nSPS) is 12.4. The fourth-order valence-corrected chi connectivity index (χ4v) is 3.78. The summed E-state index contributed by atoms with van der Waals surface area (Å²) < 4.78 is 10.5. The highest BCUT2D eigenvalue weighted by molar-refractivity contribution is 6.35. The Labute approximate surface area is 202 Å². The van der Waals surface area contributed by atoms with E-state index in [0.717, 1.165) is 16.0 Å². The maximum absolute atomic E-state index is 13.1. The summed E-state index contributed by atoms with van der Waals surface area (Å²) in [5.74, 6) is -1.58. The number of hydrogen-bond donors (Lipinski definition) is 1. The van der Waals surface area contributed by atoms with Crippen molar-refractivity contribution in [3.05, 3.63) is 88.5 Å². The number of ether oxygens (including phenoxy) is 2. The lowest BCUT2D eigenvalue weighted by Gasteiger charge is -2.17. The number of rotatable bonds is 7. The van der Waals surface area contributed by atoms with Crippen molar-refractivity contribution >= 4 is 35.1 Å². The highest BCUT2D eigenvalue weighted by Crippen LogP contribution is 2.32. The molecule has 0 saturated heterocycles. The minimum atomic E-state index is -0.778. The van der Waals surface area contributed by atoms with Crippen molar-refractivity contribution in [2.45, 2.75) is 20.8 Å². The molecule has 0 aromatic heterocycles. The highest BCUT2D eigenvalue weighted by atomic mass is 16.5. The Morgan fingerprint density at radius 1 is 0.914 bits per heavy atom. The molecule has 0 atom stereocenters. The molecule has 3 aromatic carbocycles. The van der Waals surface area contributed by atoms with Crippen LogP contribution in [0.1, 0.15) is 49.1 Å². The van der Waals surface area contributed by atoms with E-state index in [0.29, 0.717) is 23.7 Å². The van der Waals surface area contributed by atoms with Crippen LogP contribution in [-0.2, 0) is 9.53 Å². The first-order chi connectivity index (χ1) is 16.8. The molecule has 1 aliphatic rings. The van der Waals surface area contributed by atoms with Gasteiger partial charge in [0, 0.05) is 5.69 Å². The van der Waals surface area contributed by atoms with E-state index in [2.05, 4.69) is 5.32 Å². The molecule has 3 amide bonds. The quantitative estimate of drug-likeness (QED) is 0.406. The van der Waals surface area contributed by atoms with Gasteiger partial charge in [0.25, 0.3) is 17.7 Å². The standard InChI is InChI=1S/C27H24N2O6/c1-4-34-20-11-9-19(10-12-20)28-24(30)15-35-27(33)18-8-13-21-22(14-18)26(32)29(25(21)31)23-7-5-6-16(2)17(23)3/h5-14H,4,15H2,1-3H3,(H,28,30). The third-order valence-electron chi connectivity index (χ3n) is 5.72. The van der Waals surface area contributed by atoms with E-state index in [4.69, 9.17) is 9.47 Å². The first kappa shape index (κ1) is 23.7. The molecule has 4 rings (SSSR count). The van der Waals surface area contributed by atoms with Crippen LogP contribution in [0.25, 0.3) is 0 Å². The fraction of sp³-hybridized carbons (Fsp3) is 0.185. The number of aryl methyl sites for hydroxylation is 1. The van der Waals surface area contributed by atoms with Gasteiger partial charge < -0.3 is 14.8 Å². The topological polar surface area (TPSA) is 102 Å². The van der Waals surface area contributed by atoms with Gasteiger partial charge in [0.1, 0.15) is 5.75 Å². The molecule has 8 heteroatoms. The van der Waals surface area contributed by atoms with E-state index in [1.165, 1.54) is 18.2 Å². The maximum atomic E-state index is 13.1. The van der Waals surface area contributed by atoms with Gasteiger partial charge in [0.2, 0.25) is 0 Å². The summed E-state index contributed by atoms with van der Waals surface area (Å²) in [4.78, 5) is 51.8. The van der Waals surface area contributed by atoms with Gasteiger partial charge in [0.15, 0.2) is 6.61 Å². The predicted molar refractivity (Wildman–Crippen MR) is 130 cm³/mol. The zero-order valence-corrected chi connectivity index (χ0v) is 19.6. The lowest BCUT2D eigenvalue weighted by atomic mass is 10.1. The molecule has 35 heavy (non-hydrogen) atoms. The molecule has 0 bridgehead atoms.